The third-order valence-electron chi connectivity index (χ3n) is 5.53. The fourth-order valence-corrected chi connectivity index (χ4v) is 4.97. The van der Waals surface area contributed by atoms with E-state index in [-0.39, 0.29) is 0 Å². The number of rotatable bonds is 10. The minimum atomic E-state index is 0.681. The second kappa shape index (κ2) is 10.9. The SMILES string of the molecule is CCOCCn1c2ccccc2c2cc(C(CCCSc3ccc(Cl)cc3)=NO)ccc21. The van der Waals surface area contributed by atoms with Crippen LogP contribution in [0.5, 0.6) is 0 Å². The van der Waals surface area contributed by atoms with Gasteiger partial charge in [-0.2, -0.15) is 0 Å². The van der Waals surface area contributed by atoms with Crippen LogP contribution in [0, 0.1) is 0 Å². The van der Waals surface area contributed by atoms with E-state index in [1.807, 2.05) is 31.2 Å². The number of oxime groups is 1. The summed E-state index contributed by atoms with van der Waals surface area (Å²) in [6, 6.07) is 22.6. The van der Waals surface area contributed by atoms with E-state index in [1.165, 1.54) is 26.7 Å². The first kappa shape index (κ1) is 22.7. The zero-order chi connectivity index (χ0) is 22.3. The van der Waals surface area contributed by atoms with Gasteiger partial charge in [0.05, 0.1) is 12.3 Å². The first-order valence-corrected chi connectivity index (χ1v) is 12.3. The number of hydrogen-bond acceptors (Lipinski definition) is 4. The number of thioether (sulfide) groups is 1. The first-order valence-electron chi connectivity index (χ1n) is 10.9. The van der Waals surface area contributed by atoms with Crippen LogP contribution in [0.4, 0.5) is 0 Å². The van der Waals surface area contributed by atoms with Crippen molar-refractivity contribution in [2.45, 2.75) is 31.2 Å². The molecule has 0 amide bonds. The lowest BCUT2D eigenvalue weighted by atomic mass is 10.0. The average Bonchev–Trinajstić information content (AvgIpc) is 3.14. The highest BCUT2D eigenvalue weighted by Crippen LogP contribution is 2.30. The second-order valence-corrected chi connectivity index (χ2v) is 9.16. The van der Waals surface area contributed by atoms with Gasteiger partial charge in [0.2, 0.25) is 0 Å². The summed E-state index contributed by atoms with van der Waals surface area (Å²) in [5, 5.41) is 16.5. The van der Waals surface area contributed by atoms with Gasteiger partial charge in [0.1, 0.15) is 0 Å². The second-order valence-electron chi connectivity index (χ2n) is 7.55. The van der Waals surface area contributed by atoms with Crippen molar-refractivity contribution in [3.8, 4) is 0 Å². The summed E-state index contributed by atoms with van der Waals surface area (Å²) in [5.41, 5.74) is 4.05. The van der Waals surface area contributed by atoms with E-state index in [9.17, 15) is 5.21 Å². The lowest BCUT2D eigenvalue weighted by molar-refractivity contribution is 0.140. The number of ether oxygens (including phenoxy) is 1. The lowest BCUT2D eigenvalue weighted by Gasteiger charge is -2.09. The van der Waals surface area contributed by atoms with Gasteiger partial charge in [0.15, 0.2) is 0 Å². The van der Waals surface area contributed by atoms with E-state index >= 15 is 0 Å². The summed E-state index contributed by atoms with van der Waals surface area (Å²) < 4.78 is 7.90. The van der Waals surface area contributed by atoms with Gasteiger partial charge in [0.25, 0.3) is 0 Å². The van der Waals surface area contributed by atoms with E-state index in [2.05, 4.69) is 52.2 Å². The normalized spacial score (nSPS) is 12.1. The molecule has 1 heterocycles. The molecule has 0 saturated heterocycles. The zero-order valence-corrected chi connectivity index (χ0v) is 19.7. The molecule has 0 fully saturated rings. The van der Waals surface area contributed by atoms with Crippen molar-refractivity contribution in [3.63, 3.8) is 0 Å². The molecule has 0 aliphatic heterocycles. The highest BCUT2D eigenvalue weighted by atomic mass is 35.5. The van der Waals surface area contributed by atoms with Crippen LogP contribution >= 0.6 is 23.4 Å². The molecule has 0 atom stereocenters. The summed E-state index contributed by atoms with van der Waals surface area (Å²) >= 11 is 7.74. The molecule has 6 heteroatoms. The fraction of sp³-hybridized carbons (Fsp3) is 0.269. The number of fused-ring (bicyclic) bond motifs is 3. The van der Waals surface area contributed by atoms with Crippen LogP contribution in [-0.4, -0.2) is 34.5 Å². The monoisotopic (exact) mass is 466 g/mol. The number of nitrogens with zero attached hydrogens (tertiary/aromatic N) is 2. The Hall–Kier alpha value is -2.47. The first-order chi connectivity index (χ1) is 15.7. The van der Waals surface area contributed by atoms with Crippen molar-refractivity contribution < 1.29 is 9.94 Å². The van der Waals surface area contributed by atoms with Crippen LogP contribution in [0.3, 0.4) is 0 Å². The van der Waals surface area contributed by atoms with Crippen LogP contribution in [0.15, 0.2) is 76.8 Å². The molecule has 32 heavy (non-hydrogen) atoms. The van der Waals surface area contributed by atoms with E-state index in [1.54, 1.807) is 11.8 Å². The predicted molar refractivity (Wildman–Crippen MR) is 136 cm³/mol. The molecule has 166 valence electrons. The largest absolute Gasteiger partial charge is 0.411 e. The Labute approximate surface area is 197 Å². The van der Waals surface area contributed by atoms with Gasteiger partial charge in [-0.15, -0.1) is 11.8 Å². The van der Waals surface area contributed by atoms with Crippen LogP contribution < -0.4 is 0 Å². The van der Waals surface area contributed by atoms with Gasteiger partial charge < -0.3 is 14.5 Å². The molecule has 4 nitrogen and oxygen atoms in total. The maximum Gasteiger partial charge on any atom is 0.0868 e. The molecule has 0 bridgehead atoms. The zero-order valence-electron chi connectivity index (χ0n) is 18.1. The molecule has 0 saturated carbocycles. The number of para-hydroxylation sites is 1. The van der Waals surface area contributed by atoms with Crippen LogP contribution in [0.2, 0.25) is 5.02 Å². The van der Waals surface area contributed by atoms with Crippen molar-refractivity contribution in [2.75, 3.05) is 19.0 Å². The molecular formula is C26H27ClN2O2S. The summed E-state index contributed by atoms with van der Waals surface area (Å²) in [4.78, 5) is 1.19. The number of halogens is 1. The third-order valence-corrected chi connectivity index (χ3v) is 6.88. The van der Waals surface area contributed by atoms with E-state index in [4.69, 9.17) is 16.3 Å². The fourth-order valence-electron chi connectivity index (χ4n) is 3.99. The smallest absolute Gasteiger partial charge is 0.0868 e. The molecule has 0 radical (unpaired) electrons. The Bertz CT molecular complexity index is 1220. The van der Waals surface area contributed by atoms with Gasteiger partial charge >= 0.3 is 0 Å². The molecule has 0 aliphatic carbocycles. The number of benzene rings is 3. The average molecular weight is 467 g/mol. The van der Waals surface area contributed by atoms with Crippen LogP contribution in [-0.2, 0) is 11.3 Å². The minimum Gasteiger partial charge on any atom is -0.411 e. The predicted octanol–water partition coefficient (Wildman–Crippen LogP) is 7.24. The molecule has 3 aromatic carbocycles. The molecule has 1 N–H and O–H groups in total. The topological polar surface area (TPSA) is 46.8 Å². The maximum atomic E-state index is 9.70. The summed E-state index contributed by atoms with van der Waals surface area (Å²) in [7, 11) is 0. The molecule has 0 aliphatic rings. The van der Waals surface area contributed by atoms with Crippen molar-refractivity contribution in [1.82, 2.24) is 4.57 Å². The van der Waals surface area contributed by atoms with Gasteiger partial charge in [-0.05, 0) is 68.0 Å². The maximum absolute atomic E-state index is 9.70. The van der Waals surface area contributed by atoms with Crippen LogP contribution in [0.25, 0.3) is 21.8 Å². The summed E-state index contributed by atoms with van der Waals surface area (Å²) in [6.45, 7) is 4.22. The Morgan fingerprint density at radius 1 is 1.03 bits per heavy atom. The third kappa shape index (κ3) is 5.12. The Balaban J connectivity index is 1.51. The van der Waals surface area contributed by atoms with Crippen molar-refractivity contribution >= 4 is 50.9 Å². The lowest BCUT2D eigenvalue weighted by Crippen LogP contribution is -2.06. The van der Waals surface area contributed by atoms with Crippen molar-refractivity contribution in [3.05, 3.63) is 77.3 Å². The van der Waals surface area contributed by atoms with E-state index < -0.39 is 0 Å². The highest BCUT2D eigenvalue weighted by molar-refractivity contribution is 7.99. The Kier molecular flexibility index (Phi) is 7.74. The number of hydrogen-bond donors (Lipinski definition) is 1. The molecular weight excluding hydrogens is 440 g/mol. The molecule has 4 rings (SSSR count). The molecule has 1 aromatic heterocycles. The number of aromatic nitrogens is 1. The Morgan fingerprint density at radius 3 is 2.59 bits per heavy atom. The molecule has 0 unspecified atom stereocenters. The standard InChI is InChI=1S/C26H27ClN2O2S/c1-2-31-16-15-29-25-8-4-3-6-22(25)23-18-19(9-14-26(23)29)24(28-30)7-5-17-32-21-12-10-20(27)11-13-21/h3-4,6,8-14,18,30H,2,5,7,15-17H2,1H3. The van der Waals surface area contributed by atoms with Gasteiger partial charge in [-0.3, -0.25) is 0 Å². The molecule has 4 aromatic rings. The quantitative estimate of drug-likeness (QED) is 0.0880. The van der Waals surface area contributed by atoms with Crippen LogP contribution in [0.1, 0.15) is 25.3 Å². The van der Waals surface area contributed by atoms with Gasteiger partial charge in [0, 0.05) is 50.4 Å². The minimum absolute atomic E-state index is 0.681. The highest BCUT2D eigenvalue weighted by Gasteiger charge is 2.13. The summed E-state index contributed by atoms with van der Waals surface area (Å²) in [6.07, 6.45) is 1.63. The van der Waals surface area contributed by atoms with Gasteiger partial charge in [-0.25, -0.2) is 0 Å². The van der Waals surface area contributed by atoms with Crippen molar-refractivity contribution in [1.29, 1.82) is 0 Å². The van der Waals surface area contributed by atoms with Crippen molar-refractivity contribution in [2.24, 2.45) is 5.16 Å². The molecule has 0 spiro atoms. The summed E-state index contributed by atoms with van der Waals surface area (Å²) in [5.74, 6) is 0.944. The van der Waals surface area contributed by atoms with E-state index in [0.717, 1.165) is 35.0 Å². The van der Waals surface area contributed by atoms with Gasteiger partial charge in [-0.1, -0.05) is 41.0 Å². The Morgan fingerprint density at radius 2 is 1.81 bits per heavy atom. The van der Waals surface area contributed by atoms with E-state index in [0.29, 0.717) is 19.6 Å².